The highest BCUT2D eigenvalue weighted by atomic mass is 16.5. The number of esters is 1. The molecule has 0 atom stereocenters. The van der Waals surface area contributed by atoms with Gasteiger partial charge in [-0.3, -0.25) is 0 Å². The molecule has 1 aromatic carbocycles. The van der Waals surface area contributed by atoms with E-state index in [1.807, 2.05) is 43.3 Å². The molecule has 0 bridgehead atoms. The Morgan fingerprint density at radius 2 is 1.84 bits per heavy atom. The highest BCUT2D eigenvalue weighted by molar-refractivity contribution is 5.82. The lowest BCUT2D eigenvalue weighted by molar-refractivity contribution is -0.137. The van der Waals surface area contributed by atoms with E-state index in [0.29, 0.717) is 6.61 Å². The molecule has 0 aliphatic heterocycles. The maximum atomic E-state index is 11.0. The molecule has 0 aromatic heterocycles. The van der Waals surface area contributed by atoms with Crippen LogP contribution in [0.25, 0.3) is 6.08 Å². The summed E-state index contributed by atoms with van der Waals surface area (Å²) in [5, 5.41) is 0. The molecular formula is C16H19NO2. The molecule has 0 spiro atoms. The second-order valence-corrected chi connectivity index (χ2v) is 4.03. The minimum absolute atomic E-state index is 0.327. The minimum Gasteiger partial charge on any atom is -0.463 e. The average molecular weight is 257 g/mol. The number of rotatable bonds is 5. The molecule has 2 N–H and O–H groups in total. The number of hydrogen-bond donors (Lipinski definition) is 1. The first-order chi connectivity index (χ1) is 9.11. The van der Waals surface area contributed by atoms with E-state index in [1.165, 1.54) is 6.08 Å². The summed E-state index contributed by atoms with van der Waals surface area (Å²) in [5.41, 5.74) is 8.54. The van der Waals surface area contributed by atoms with Crippen molar-refractivity contribution < 1.29 is 9.53 Å². The Bertz CT molecular complexity index is 496. The van der Waals surface area contributed by atoms with Gasteiger partial charge < -0.3 is 10.5 Å². The van der Waals surface area contributed by atoms with Gasteiger partial charge in [-0.05, 0) is 31.5 Å². The Labute approximate surface area is 114 Å². The Morgan fingerprint density at radius 1 is 1.21 bits per heavy atom. The minimum atomic E-state index is -0.327. The summed E-state index contributed by atoms with van der Waals surface area (Å²) in [6.07, 6.45) is 8.83. The normalized spacial score (nSPS) is 12.2. The van der Waals surface area contributed by atoms with Crippen LogP contribution in [-0.2, 0) is 9.53 Å². The molecule has 0 saturated heterocycles. The number of nitrogens with two attached hydrogens (primary N) is 1. The quantitative estimate of drug-likeness (QED) is 0.381. The molecule has 0 radical (unpaired) electrons. The lowest BCUT2D eigenvalue weighted by Gasteiger charge is -1.96. The van der Waals surface area contributed by atoms with E-state index in [0.717, 1.165) is 16.8 Å². The zero-order valence-corrected chi connectivity index (χ0v) is 11.3. The Hall–Kier alpha value is -2.29. The van der Waals surface area contributed by atoms with Gasteiger partial charge in [-0.25, -0.2) is 4.79 Å². The van der Waals surface area contributed by atoms with Gasteiger partial charge in [0.1, 0.15) is 0 Å². The topological polar surface area (TPSA) is 52.3 Å². The zero-order chi connectivity index (χ0) is 14.1. The van der Waals surface area contributed by atoms with Crippen molar-refractivity contribution in [3.05, 3.63) is 59.7 Å². The highest BCUT2D eigenvalue weighted by Gasteiger charge is 1.91. The van der Waals surface area contributed by atoms with Crippen LogP contribution in [0.15, 0.2) is 54.1 Å². The van der Waals surface area contributed by atoms with Gasteiger partial charge in [0.05, 0.1) is 6.61 Å². The van der Waals surface area contributed by atoms with Gasteiger partial charge in [0.15, 0.2) is 0 Å². The molecule has 0 aliphatic carbocycles. The van der Waals surface area contributed by atoms with Crippen molar-refractivity contribution in [2.24, 2.45) is 0 Å². The molecule has 0 amide bonds. The summed E-state index contributed by atoms with van der Waals surface area (Å²) in [6, 6.07) is 7.65. The van der Waals surface area contributed by atoms with E-state index < -0.39 is 0 Å². The van der Waals surface area contributed by atoms with Crippen LogP contribution in [0, 0.1) is 0 Å². The van der Waals surface area contributed by atoms with Crippen molar-refractivity contribution in [2.45, 2.75) is 13.8 Å². The van der Waals surface area contributed by atoms with Gasteiger partial charge in [-0.15, -0.1) is 0 Å². The molecule has 0 unspecified atom stereocenters. The largest absolute Gasteiger partial charge is 0.463 e. The number of carbonyl (C=O) groups excluding carboxylic acids is 1. The van der Waals surface area contributed by atoms with Crippen molar-refractivity contribution in [3.8, 4) is 0 Å². The van der Waals surface area contributed by atoms with E-state index >= 15 is 0 Å². The predicted octanol–water partition coefficient (Wildman–Crippen LogP) is 3.35. The van der Waals surface area contributed by atoms with Crippen molar-refractivity contribution in [2.75, 3.05) is 12.3 Å². The van der Waals surface area contributed by atoms with Gasteiger partial charge in [0.25, 0.3) is 0 Å². The van der Waals surface area contributed by atoms with Gasteiger partial charge in [-0.2, -0.15) is 0 Å². The van der Waals surface area contributed by atoms with Crippen LogP contribution in [-0.4, -0.2) is 12.6 Å². The first-order valence-corrected chi connectivity index (χ1v) is 6.17. The molecule has 1 rings (SSSR count). The molecule has 19 heavy (non-hydrogen) atoms. The van der Waals surface area contributed by atoms with E-state index in [1.54, 1.807) is 19.1 Å². The van der Waals surface area contributed by atoms with E-state index in [2.05, 4.69) is 0 Å². The lowest BCUT2D eigenvalue weighted by atomic mass is 10.1. The number of carbonyl (C=O) groups is 1. The summed E-state index contributed by atoms with van der Waals surface area (Å²) in [6.45, 7) is 4.16. The Morgan fingerprint density at radius 3 is 2.47 bits per heavy atom. The number of anilines is 1. The van der Waals surface area contributed by atoms with Gasteiger partial charge in [-0.1, -0.05) is 42.0 Å². The average Bonchev–Trinajstić information content (AvgIpc) is 2.38. The summed E-state index contributed by atoms with van der Waals surface area (Å²) in [4.78, 5) is 11.0. The third kappa shape index (κ3) is 6.27. The molecule has 1 aromatic rings. The molecule has 100 valence electrons. The highest BCUT2D eigenvalue weighted by Crippen LogP contribution is 2.10. The molecule has 3 heteroatoms. The molecular weight excluding hydrogens is 238 g/mol. The smallest absolute Gasteiger partial charge is 0.330 e. The molecule has 0 saturated carbocycles. The fourth-order valence-electron chi connectivity index (χ4n) is 1.44. The van der Waals surface area contributed by atoms with Crippen LogP contribution in [0.5, 0.6) is 0 Å². The second-order valence-electron chi connectivity index (χ2n) is 4.03. The Kier molecular flexibility index (Phi) is 6.16. The number of nitrogen functional groups attached to an aromatic ring is 1. The fourth-order valence-corrected chi connectivity index (χ4v) is 1.44. The second kappa shape index (κ2) is 7.93. The summed E-state index contributed by atoms with van der Waals surface area (Å²) in [5.74, 6) is -0.327. The van der Waals surface area contributed by atoms with E-state index in [4.69, 9.17) is 10.5 Å². The molecule has 0 aliphatic rings. The van der Waals surface area contributed by atoms with E-state index in [9.17, 15) is 4.79 Å². The number of allylic oxidation sites excluding steroid dienone is 4. The van der Waals surface area contributed by atoms with Crippen LogP contribution < -0.4 is 5.73 Å². The van der Waals surface area contributed by atoms with Crippen LogP contribution in [0.1, 0.15) is 19.4 Å². The SMILES string of the molecule is CCOC(=O)C=CC=CC(C)=Cc1ccc(N)cc1. The summed E-state index contributed by atoms with van der Waals surface area (Å²) < 4.78 is 4.77. The van der Waals surface area contributed by atoms with Crippen molar-refractivity contribution in [1.82, 2.24) is 0 Å². The fraction of sp³-hybridized carbons (Fsp3) is 0.188. The number of ether oxygens (including phenoxy) is 1. The van der Waals surface area contributed by atoms with Crippen molar-refractivity contribution in [1.29, 1.82) is 0 Å². The number of benzene rings is 1. The zero-order valence-electron chi connectivity index (χ0n) is 11.3. The van der Waals surface area contributed by atoms with Crippen molar-refractivity contribution >= 4 is 17.7 Å². The van der Waals surface area contributed by atoms with Crippen LogP contribution in [0.4, 0.5) is 5.69 Å². The first-order valence-electron chi connectivity index (χ1n) is 6.17. The van der Waals surface area contributed by atoms with Gasteiger partial charge in [0, 0.05) is 11.8 Å². The maximum absolute atomic E-state index is 11.0. The maximum Gasteiger partial charge on any atom is 0.330 e. The lowest BCUT2D eigenvalue weighted by Crippen LogP contribution is -1.98. The molecule has 3 nitrogen and oxygen atoms in total. The third-order valence-electron chi connectivity index (χ3n) is 2.32. The number of hydrogen-bond acceptors (Lipinski definition) is 3. The standard InChI is InChI=1S/C16H19NO2/c1-3-19-16(18)7-5-4-6-13(2)12-14-8-10-15(17)11-9-14/h4-12H,3,17H2,1-2H3. The van der Waals surface area contributed by atoms with Crippen LogP contribution in [0.2, 0.25) is 0 Å². The monoisotopic (exact) mass is 257 g/mol. The molecule has 0 heterocycles. The third-order valence-corrected chi connectivity index (χ3v) is 2.32. The van der Waals surface area contributed by atoms with Gasteiger partial charge >= 0.3 is 5.97 Å². The summed E-state index contributed by atoms with van der Waals surface area (Å²) >= 11 is 0. The predicted molar refractivity (Wildman–Crippen MR) is 79.4 cm³/mol. The van der Waals surface area contributed by atoms with Gasteiger partial charge in [0.2, 0.25) is 0 Å². The molecule has 0 fully saturated rings. The van der Waals surface area contributed by atoms with Crippen LogP contribution >= 0.6 is 0 Å². The first kappa shape index (κ1) is 14.8. The van der Waals surface area contributed by atoms with Crippen LogP contribution in [0.3, 0.4) is 0 Å². The Balaban J connectivity index is 2.56. The summed E-state index contributed by atoms with van der Waals surface area (Å²) in [7, 11) is 0. The van der Waals surface area contributed by atoms with Crippen molar-refractivity contribution in [3.63, 3.8) is 0 Å². The van der Waals surface area contributed by atoms with E-state index in [-0.39, 0.29) is 5.97 Å².